The summed E-state index contributed by atoms with van der Waals surface area (Å²) in [7, 11) is -4.21. The Kier molecular flexibility index (Phi) is 4.05. The van der Waals surface area contributed by atoms with Gasteiger partial charge in [0.15, 0.2) is 4.90 Å². The maximum atomic E-state index is 12.3. The van der Waals surface area contributed by atoms with Crippen molar-refractivity contribution in [2.45, 2.75) is 11.8 Å². The quantitative estimate of drug-likeness (QED) is 0.522. The van der Waals surface area contributed by atoms with Gasteiger partial charge in [-0.1, -0.05) is 23.7 Å². The van der Waals surface area contributed by atoms with Crippen LogP contribution in [0, 0.1) is 17.0 Å². The third-order valence-corrected chi connectivity index (χ3v) is 4.23. The van der Waals surface area contributed by atoms with E-state index in [1.54, 1.807) is 0 Å². The molecule has 110 valence electrons. The first-order valence-corrected chi connectivity index (χ1v) is 7.43. The van der Waals surface area contributed by atoms with Gasteiger partial charge < -0.3 is 0 Å². The highest BCUT2D eigenvalue weighted by Crippen LogP contribution is 2.28. The van der Waals surface area contributed by atoms with Crippen molar-refractivity contribution in [3.05, 3.63) is 51.3 Å². The van der Waals surface area contributed by atoms with Gasteiger partial charge in [0.2, 0.25) is 5.95 Å². The Morgan fingerprint density at radius 1 is 1.33 bits per heavy atom. The number of nitro benzene ring substituents is 1. The Hall–Kier alpha value is -2.26. The molecule has 1 aromatic carbocycles. The van der Waals surface area contributed by atoms with Gasteiger partial charge in [-0.25, -0.2) is 23.1 Å². The van der Waals surface area contributed by atoms with Crippen molar-refractivity contribution >= 4 is 33.3 Å². The van der Waals surface area contributed by atoms with E-state index in [1.165, 1.54) is 31.3 Å². The number of benzene rings is 1. The first-order chi connectivity index (χ1) is 9.81. The fourth-order valence-corrected chi connectivity index (χ4v) is 3.17. The molecule has 0 fully saturated rings. The number of rotatable bonds is 4. The van der Waals surface area contributed by atoms with E-state index in [9.17, 15) is 18.5 Å². The lowest BCUT2D eigenvalue weighted by molar-refractivity contribution is -0.387. The average molecular weight is 329 g/mol. The topological polar surface area (TPSA) is 115 Å². The van der Waals surface area contributed by atoms with E-state index < -0.39 is 25.5 Å². The summed E-state index contributed by atoms with van der Waals surface area (Å²) in [5.41, 5.74) is -0.289. The maximum Gasteiger partial charge on any atom is 0.290 e. The number of hydrogen-bond acceptors (Lipinski definition) is 6. The maximum absolute atomic E-state index is 12.3. The largest absolute Gasteiger partial charge is 0.290 e. The minimum absolute atomic E-state index is 0.0435. The van der Waals surface area contributed by atoms with Gasteiger partial charge >= 0.3 is 0 Å². The molecule has 2 aromatic rings. The molecule has 0 amide bonds. The van der Waals surface area contributed by atoms with Gasteiger partial charge in [-0.2, -0.15) is 0 Å². The Morgan fingerprint density at radius 3 is 2.67 bits per heavy atom. The minimum Gasteiger partial charge on any atom is -0.258 e. The number of aryl methyl sites for hydroxylation is 1. The Labute approximate surface area is 125 Å². The summed E-state index contributed by atoms with van der Waals surface area (Å²) in [6, 6.07) is 5.35. The molecule has 1 N–H and O–H groups in total. The summed E-state index contributed by atoms with van der Waals surface area (Å²) in [5.74, 6) is -0.264. The second-order valence-electron chi connectivity index (χ2n) is 3.99. The van der Waals surface area contributed by atoms with E-state index in [4.69, 9.17) is 11.6 Å². The average Bonchev–Trinajstić information content (AvgIpc) is 2.37. The molecule has 2 rings (SSSR count). The molecule has 1 aromatic heterocycles. The van der Waals surface area contributed by atoms with Gasteiger partial charge in [-0.05, 0) is 18.6 Å². The molecule has 0 unspecified atom stereocenters. The Bertz CT molecular complexity index is 810. The first-order valence-electron chi connectivity index (χ1n) is 5.56. The molecule has 0 atom stereocenters. The van der Waals surface area contributed by atoms with Gasteiger partial charge in [0, 0.05) is 12.3 Å². The van der Waals surface area contributed by atoms with E-state index in [0.717, 1.165) is 6.07 Å². The predicted molar refractivity (Wildman–Crippen MR) is 75.7 cm³/mol. The number of aromatic nitrogens is 2. The molecular weight excluding hydrogens is 320 g/mol. The molecule has 0 radical (unpaired) electrons. The zero-order valence-electron chi connectivity index (χ0n) is 10.6. The number of sulfonamides is 1. The van der Waals surface area contributed by atoms with E-state index in [2.05, 4.69) is 14.7 Å². The van der Waals surface area contributed by atoms with Crippen molar-refractivity contribution in [3.63, 3.8) is 0 Å². The smallest absolute Gasteiger partial charge is 0.258 e. The van der Waals surface area contributed by atoms with Crippen LogP contribution in [0.5, 0.6) is 0 Å². The number of halogens is 1. The molecule has 0 saturated carbocycles. The van der Waals surface area contributed by atoms with Crippen molar-refractivity contribution in [3.8, 4) is 0 Å². The minimum atomic E-state index is -4.21. The molecule has 10 heteroatoms. The molecule has 0 bridgehead atoms. The van der Waals surface area contributed by atoms with E-state index in [-0.39, 0.29) is 16.7 Å². The van der Waals surface area contributed by atoms with Crippen LogP contribution in [0.4, 0.5) is 11.6 Å². The summed E-state index contributed by atoms with van der Waals surface area (Å²) >= 11 is 5.64. The number of nitro groups is 1. The summed E-state index contributed by atoms with van der Waals surface area (Å²) in [6.45, 7) is 1.46. The molecular formula is C11H9ClN4O4S. The molecule has 1 heterocycles. The monoisotopic (exact) mass is 328 g/mol. The van der Waals surface area contributed by atoms with Gasteiger partial charge in [0.1, 0.15) is 5.15 Å². The molecule has 21 heavy (non-hydrogen) atoms. The van der Waals surface area contributed by atoms with Crippen LogP contribution in [0.1, 0.15) is 5.56 Å². The van der Waals surface area contributed by atoms with Crippen molar-refractivity contribution in [2.24, 2.45) is 0 Å². The van der Waals surface area contributed by atoms with E-state index >= 15 is 0 Å². The van der Waals surface area contributed by atoms with Crippen molar-refractivity contribution in [2.75, 3.05) is 4.72 Å². The van der Waals surface area contributed by atoms with Crippen LogP contribution in [0.3, 0.4) is 0 Å². The highest BCUT2D eigenvalue weighted by molar-refractivity contribution is 7.92. The number of nitrogens with zero attached hydrogens (tertiary/aromatic N) is 3. The number of hydrogen-bond donors (Lipinski definition) is 1. The van der Waals surface area contributed by atoms with Gasteiger partial charge in [0.25, 0.3) is 15.7 Å². The zero-order valence-corrected chi connectivity index (χ0v) is 12.2. The van der Waals surface area contributed by atoms with Crippen LogP contribution in [-0.4, -0.2) is 23.3 Å². The number of nitrogens with one attached hydrogen (secondary N) is 1. The standard InChI is InChI=1S/C11H9ClN4O4S/c1-7-3-2-4-8(16(17)18)10(7)21(19,20)15-11-13-6-5-9(12)14-11/h2-6H,1H3,(H,13,14,15). The van der Waals surface area contributed by atoms with Gasteiger partial charge in [-0.15, -0.1) is 0 Å². The SMILES string of the molecule is Cc1cccc([N+](=O)[O-])c1S(=O)(=O)Nc1nccc(Cl)n1. The van der Waals surface area contributed by atoms with Crippen LogP contribution in [0.25, 0.3) is 0 Å². The molecule has 0 aliphatic rings. The predicted octanol–water partition coefficient (Wildman–Crippen LogP) is 2.15. The van der Waals surface area contributed by atoms with Crippen LogP contribution >= 0.6 is 11.6 Å². The van der Waals surface area contributed by atoms with Crippen LogP contribution in [0.2, 0.25) is 5.15 Å². The molecule has 8 nitrogen and oxygen atoms in total. The highest BCUT2D eigenvalue weighted by Gasteiger charge is 2.28. The zero-order chi connectivity index (χ0) is 15.6. The third-order valence-electron chi connectivity index (χ3n) is 2.50. The summed E-state index contributed by atoms with van der Waals surface area (Å²) in [6.07, 6.45) is 1.26. The van der Waals surface area contributed by atoms with Gasteiger partial charge in [-0.3, -0.25) is 10.1 Å². The van der Waals surface area contributed by atoms with Crippen molar-refractivity contribution in [1.82, 2.24) is 9.97 Å². The summed E-state index contributed by atoms with van der Waals surface area (Å²) < 4.78 is 26.7. The lowest BCUT2D eigenvalue weighted by Crippen LogP contribution is -2.17. The third kappa shape index (κ3) is 3.26. The lowest BCUT2D eigenvalue weighted by atomic mass is 10.2. The van der Waals surface area contributed by atoms with Crippen LogP contribution < -0.4 is 4.72 Å². The molecule has 0 aliphatic heterocycles. The summed E-state index contributed by atoms with van der Waals surface area (Å²) in [4.78, 5) is 17.2. The fourth-order valence-electron chi connectivity index (χ4n) is 1.69. The molecule has 0 aliphatic carbocycles. The van der Waals surface area contributed by atoms with Crippen LogP contribution in [0.15, 0.2) is 35.4 Å². The molecule has 0 spiro atoms. The van der Waals surface area contributed by atoms with E-state index in [0.29, 0.717) is 0 Å². The summed E-state index contributed by atoms with van der Waals surface area (Å²) in [5, 5.41) is 11.0. The fraction of sp³-hybridized carbons (Fsp3) is 0.0909. The van der Waals surface area contributed by atoms with Gasteiger partial charge in [0.05, 0.1) is 4.92 Å². The molecule has 0 saturated heterocycles. The normalized spacial score (nSPS) is 11.1. The Balaban J connectivity index is 2.52. The second-order valence-corrected chi connectivity index (χ2v) is 6.00. The van der Waals surface area contributed by atoms with E-state index in [1.807, 2.05) is 0 Å². The van der Waals surface area contributed by atoms with Crippen molar-refractivity contribution in [1.29, 1.82) is 0 Å². The highest BCUT2D eigenvalue weighted by atomic mass is 35.5. The van der Waals surface area contributed by atoms with Crippen LogP contribution in [-0.2, 0) is 10.0 Å². The Morgan fingerprint density at radius 2 is 2.05 bits per heavy atom. The second kappa shape index (κ2) is 5.62. The van der Waals surface area contributed by atoms with Crippen molar-refractivity contribution < 1.29 is 13.3 Å². The lowest BCUT2D eigenvalue weighted by Gasteiger charge is -2.09. The first kappa shape index (κ1) is 15.1. The number of anilines is 1.